The maximum atomic E-state index is 13.4. The first kappa shape index (κ1) is 21.2. The third-order valence-corrected chi connectivity index (χ3v) is 5.17. The van der Waals surface area contributed by atoms with Crippen molar-refractivity contribution in [2.45, 2.75) is 0 Å². The summed E-state index contributed by atoms with van der Waals surface area (Å²) in [6.07, 6.45) is -1.27. The van der Waals surface area contributed by atoms with Crippen LogP contribution in [0.3, 0.4) is 0 Å². The minimum Gasteiger partial charge on any atom is -0.465 e. The van der Waals surface area contributed by atoms with Gasteiger partial charge in [-0.2, -0.15) is 0 Å². The molecule has 0 radical (unpaired) electrons. The van der Waals surface area contributed by atoms with Crippen molar-refractivity contribution in [3.8, 4) is 0 Å². The molecule has 1 aromatic heterocycles. The largest absolute Gasteiger partial charge is 0.465 e. The van der Waals surface area contributed by atoms with Gasteiger partial charge in [-0.3, -0.25) is 14.9 Å². The highest BCUT2D eigenvalue weighted by atomic mass is 79.9. The van der Waals surface area contributed by atoms with E-state index >= 15 is 0 Å². The number of halogens is 2. The van der Waals surface area contributed by atoms with E-state index in [1.165, 1.54) is 36.4 Å². The first-order valence-corrected chi connectivity index (χ1v) is 10.0. The van der Waals surface area contributed by atoms with Crippen molar-refractivity contribution in [1.82, 2.24) is 9.97 Å². The van der Waals surface area contributed by atoms with E-state index in [0.717, 1.165) is 0 Å². The molecule has 0 spiro atoms. The van der Waals surface area contributed by atoms with E-state index in [2.05, 4.69) is 36.5 Å². The number of imidazole rings is 1. The number of fused-ring (bicyclic) bond motifs is 1. The van der Waals surface area contributed by atoms with Crippen molar-refractivity contribution in [3.05, 3.63) is 87.6 Å². The molecule has 10 heteroatoms. The van der Waals surface area contributed by atoms with Crippen LogP contribution >= 0.6 is 15.9 Å². The van der Waals surface area contributed by atoms with E-state index in [1.54, 1.807) is 24.3 Å². The molecule has 0 fully saturated rings. The summed E-state index contributed by atoms with van der Waals surface area (Å²) in [5.74, 6) is -1.36. The van der Waals surface area contributed by atoms with Gasteiger partial charge >= 0.3 is 6.09 Å². The van der Waals surface area contributed by atoms with Gasteiger partial charge in [-0.15, -0.1) is 0 Å². The van der Waals surface area contributed by atoms with Gasteiger partial charge in [0, 0.05) is 16.8 Å². The summed E-state index contributed by atoms with van der Waals surface area (Å²) in [7, 11) is 0. The SMILES string of the molecule is O=C(O)Nc1nc2ccc(C(=O)c3ccccc3C(=O)Nc3ccc(F)c(Br)c3)cc2[nH]1. The average Bonchev–Trinajstić information content (AvgIpc) is 3.16. The molecule has 4 N–H and O–H groups in total. The molecule has 0 aliphatic carbocycles. The highest BCUT2D eigenvalue weighted by molar-refractivity contribution is 9.10. The van der Waals surface area contributed by atoms with E-state index < -0.39 is 23.6 Å². The molecule has 0 unspecified atom stereocenters. The van der Waals surface area contributed by atoms with Gasteiger partial charge in [-0.25, -0.2) is 14.2 Å². The predicted octanol–water partition coefficient (Wildman–Crippen LogP) is 5.04. The number of nitrogens with one attached hydrogen (secondary N) is 3. The summed E-state index contributed by atoms with van der Waals surface area (Å²) in [6.45, 7) is 0. The van der Waals surface area contributed by atoms with Crippen LogP contribution in [0.5, 0.6) is 0 Å². The van der Waals surface area contributed by atoms with Gasteiger partial charge in [0.25, 0.3) is 5.91 Å². The molecule has 0 aliphatic heterocycles. The number of rotatable bonds is 5. The van der Waals surface area contributed by atoms with Crippen LogP contribution in [0.4, 0.5) is 20.8 Å². The number of nitrogens with zero attached hydrogens (tertiary/aromatic N) is 1. The lowest BCUT2D eigenvalue weighted by atomic mass is 9.97. The quantitative estimate of drug-likeness (QED) is 0.288. The Morgan fingerprint density at radius 3 is 2.44 bits per heavy atom. The molecule has 160 valence electrons. The predicted molar refractivity (Wildman–Crippen MR) is 120 cm³/mol. The highest BCUT2D eigenvalue weighted by Crippen LogP contribution is 2.23. The first-order chi connectivity index (χ1) is 15.3. The van der Waals surface area contributed by atoms with E-state index in [0.29, 0.717) is 16.7 Å². The summed E-state index contributed by atoms with van der Waals surface area (Å²) in [5.41, 5.74) is 1.90. The van der Waals surface area contributed by atoms with Crippen LogP contribution in [0.15, 0.2) is 65.1 Å². The molecule has 0 atom stereocenters. The second-order valence-corrected chi connectivity index (χ2v) is 7.56. The number of carbonyl (C=O) groups is 3. The van der Waals surface area contributed by atoms with Crippen LogP contribution in [0, 0.1) is 5.82 Å². The number of amides is 2. The summed E-state index contributed by atoms with van der Waals surface area (Å²) in [5, 5.41) is 13.6. The number of hydrogen-bond donors (Lipinski definition) is 4. The average molecular weight is 497 g/mol. The monoisotopic (exact) mass is 496 g/mol. The number of carbonyl (C=O) groups excluding carboxylic acids is 2. The fourth-order valence-electron chi connectivity index (χ4n) is 3.12. The van der Waals surface area contributed by atoms with Gasteiger partial charge in [0.2, 0.25) is 5.95 Å². The lowest BCUT2D eigenvalue weighted by molar-refractivity contribution is 0.0996. The molecular weight excluding hydrogens is 483 g/mol. The van der Waals surface area contributed by atoms with Gasteiger partial charge in [-0.05, 0) is 58.4 Å². The summed E-state index contributed by atoms with van der Waals surface area (Å²) < 4.78 is 13.6. The zero-order chi connectivity index (χ0) is 22.8. The van der Waals surface area contributed by atoms with Gasteiger partial charge < -0.3 is 15.4 Å². The Bertz CT molecular complexity index is 1390. The number of aromatic nitrogens is 2. The molecule has 0 bridgehead atoms. The van der Waals surface area contributed by atoms with Gasteiger partial charge in [0.05, 0.1) is 21.1 Å². The molecular formula is C22H14BrFN4O4. The summed E-state index contributed by atoms with van der Waals surface area (Å²) >= 11 is 3.07. The zero-order valence-electron chi connectivity index (χ0n) is 16.1. The number of H-pyrrole nitrogens is 1. The van der Waals surface area contributed by atoms with Crippen LogP contribution < -0.4 is 10.6 Å². The second kappa shape index (κ2) is 8.60. The zero-order valence-corrected chi connectivity index (χ0v) is 17.7. The van der Waals surface area contributed by atoms with Crippen molar-refractivity contribution in [3.63, 3.8) is 0 Å². The van der Waals surface area contributed by atoms with Crippen molar-refractivity contribution < 1.29 is 23.9 Å². The Balaban J connectivity index is 1.64. The molecule has 8 nitrogen and oxygen atoms in total. The standard InChI is InChI=1S/C22H14BrFN4O4/c23-15-10-12(6-7-16(15)24)25-20(30)14-4-2-1-3-13(14)19(29)11-5-8-17-18(9-11)27-21(26-17)28-22(31)32/h1-10H,(H,25,30)(H,31,32)(H2,26,27,28). The third kappa shape index (κ3) is 4.35. The smallest absolute Gasteiger partial charge is 0.411 e. The van der Waals surface area contributed by atoms with E-state index in [-0.39, 0.29) is 27.1 Å². The Morgan fingerprint density at radius 1 is 0.969 bits per heavy atom. The first-order valence-electron chi connectivity index (χ1n) is 9.21. The molecule has 0 saturated carbocycles. The highest BCUT2D eigenvalue weighted by Gasteiger charge is 2.19. The normalized spacial score (nSPS) is 10.7. The third-order valence-electron chi connectivity index (χ3n) is 4.56. The van der Waals surface area contributed by atoms with Gasteiger partial charge in [0.15, 0.2) is 5.78 Å². The van der Waals surface area contributed by atoms with Crippen molar-refractivity contribution in [1.29, 1.82) is 0 Å². The van der Waals surface area contributed by atoms with Crippen molar-refractivity contribution in [2.24, 2.45) is 0 Å². The van der Waals surface area contributed by atoms with Crippen molar-refractivity contribution in [2.75, 3.05) is 10.6 Å². The number of carboxylic acid groups (broad SMARTS) is 1. The van der Waals surface area contributed by atoms with Gasteiger partial charge in [-0.1, -0.05) is 18.2 Å². The second-order valence-electron chi connectivity index (χ2n) is 6.71. The molecule has 3 aromatic carbocycles. The van der Waals surface area contributed by atoms with Crippen LogP contribution in [-0.4, -0.2) is 32.9 Å². The maximum absolute atomic E-state index is 13.4. The van der Waals surface area contributed by atoms with E-state index in [4.69, 9.17) is 5.11 Å². The fourth-order valence-corrected chi connectivity index (χ4v) is 3.50. The lowest BCUT2D eigenvalue weighted by Gasteiger charge is -2.10. The van der Waals surface area contributed by atoms with Crippen LogP contribution in [0.25, 0.3) is 11.0 Å². The topological polar surface area (TPSA) is 124 Å². The maximum Gasteiger partial charge on any atom is 0.411 e. The summed E-state index contributed by atoms with van der Waals surface area (Å²) in [4.78, 5) is 43.7. The van der Waals surface area contributed by atoms with Crippen LogP contribution in [0.2, 0.25) is 0 Å². The number of aromatic amines is 1. The molecule has 1 heterocycles. The number of benzene rings is 3. The van der Waals surface area contributed by atoms with Crippen LogP contribution in [0.1, 0.15) is 26.3 Å². The fraction of sp³-hybridized carbons (Fsp3) is 0. The van der Waals surface area contributed by atoms with Gasteiger partial charge in [0.1, 0.15) is 5.82 Å². The molecule has 4 aromatic rings. The molecule has 0 saturated heterocycles. The molecule has 32 heavy (non-hydrogen) atoms. The minimum absolute atomic E-state index is 0.0299. The van der Waals surface area contributed by atoms with E-state index in [1.807, 2.05) is 0 Å². The summed E-state index contributed by atoms with van der Waals surface area (Å²) in [6, 6.07) is 15.0. The minimum atomic E-state index is -1.27. The number of ketones is 1. The molecule has 0 aliphatic rings. The van der Waals surface area contributed by atoms with E-state index in [9.17, 15) is 18.8 Å². The Hall–Kier alpha value is -4.05. The number of anilines is 2. The Morgan fingerprint density at radius 2 is 1.72 bits per heavy atom. The molecule has 4 rings (SSSR count). The van der Waals surface area contributed by atoms with Crippen LogP contribution in [-0.2, 0) is 0 Å². The van der Waals surface area contributed by atoms with Crippen molar-refractivity contribution >= 4 is 56.4 Å². The lowest BCUT2D eigenvalue weighted by Crippen LogP contribution is -2.17. The Labute approximate surface area is 188 Å². The number of hydrogen-bond acceptors (Lipinski definition) is 4. The molecule has 2 amide bonds. The Kier molecular flexibility index (Phi) is 5.69.